The van der Waals surface area contributed by atoms with E-state index in [9.17, 15) is 0 Å². The van der Waals surface area contributed by atoms with Crippen molar-refractivity contribution in [3.8, 4) is 12.3 Å². The molecule has 0 saturated carbocycles. The van der Waals surface area contributed by atoms with Crippen molar-refractivity contribution in [3.05, 3.63) is 18.0 Å². The van der Waals surface area contributed by atoms with E-state index >= 15 is 0 Å². The number of rotatable bonds is 1. The van der Waals surface area contributed by atoms with Crippen molar-refractivity contribution in [2.45, 2.75) is 6.42 Å². The van der Waals surface area contributed by atoms with E-state index in [2.05, 4.69) is 16.1 Å². The van der Waals surface area contributed by atoms with E-state index in [1.165, 1.54) is 0 Å². The second-order valence-electron chi connectivity index (χ2n) is 1.46. The quantitative estimate of drug-likeness (QED) is 0.521. The number of H-pyrrole nitrogens is 1. The van der Waals surface area contributed by atoms with Gasteiger partial charge in [0.15, 0.2) is 0 Å². The zero-order valence-electron chi connectivity index (χ0n) is 4.39. The zero-order valence-corrected chi connectivity index (χ0v) is 4.39. The highest BCUT2D eigenvalue weighted by Gasteiger charge is 1.84. The molecule has 40 valence electrons. The van der Waals surface area contributed by atoms with Gasteiger partial charge in [-0.05, 0) is 6.07 Å². The Hall–Kier alpha value is -1.23. The van der Waals surface area contributed by atoms with Crippen molar-refractivity contribution >= 4 is 0 Å². The van der Waals surface area contributed by atoms with Gasteiger partial charge in [-0.15, -0.1) is 12.3 Å². The van der Waals surface area contributed by atoms with Crippen LogP contribution in [0.3, 0.4) is 0 Å². The topological polar surface area (TPSA) is 28.7 Å². The minimum absolute atomic E-state index is 0.639. The Labute approximate surface area is 47.9 Å². The molecule has 1 rings (SSSR count). The number of nitrogens with zero attached hydrogens (tertiary/aromatic N) is 1. The van der Waals surface area contributed by atoms with Crippen LogP contribution in [0.25, 0.3) is 0 Å². The molecule has 1 N–H and O–H groups in total. The second kappa shape index (κ2) is 2.17. The number of aromatic nitrogens is 2. The maximum absolute atomic E-state index is 5.02. The van der Waals surface area contributed by atoms with Crippen LogP contribution in [-0.4, -0.2) is 10.2 Å². The minimum Gasteiger partial charge on any atom is -0.282 e. The monoisotopic (exact) mass is 106 g/mol. The molecule has 0 spiro atoms. The van der Waals surface area contributed by atoms with Crippen LogP contribution >= 0.6 is 0 Å². The molecule has 1 heterocycles. The Morgan fingerprint density at radius 3 is 3.25 bits per heavy atom. The zero-order chi connectivity index (χ0) is 5.82. The molecule has 8 heavy (non-hydrogen) atoms. The Morgan fingerprint density at radius 1 is 1.88 bits per heavy atom. The third-order valence-electron chi connectivity index (χ3n) is 0.851. The fraction of sp³-hybridized carbons (Fsp3) is 0.167. The molecule has 0 radical (unpaired) electrons. The van der Waals surface area contributed by atoms with Gasteiger partial charge in [-0.2, -0.15) is 5.10 Å². The first kappa shape index (κ1) is 4.92. The van der Waals surface area contributed by atoms with Crippen LogP contribution in [0.5, 0.6) is 0 Å². The summed E-state index contributed by atoms with van der Waals surface area (Å²) >= 11 is 0. The first-order chi connectivity index (χ1) is 3.93. The lowest BCUT2D eigenvalue weighted by atomic mass is 10.3. The molecule has 1 aromatic rings. The molecule has 0 atom stereocenters. The first-order valence-electron chi connectivity index (χ1n) is 2.35. The van der Waals surface area contributed by atoms with Crippen LogP contribution in [0, 0.1) is 12.3 Å². The summed E-state index contributed by atoms with van der Waals surface area (Å²) in [7, 11) is 0. The van der Waals surface area contributed by atoms with Gasteiger partial charge in [-0.3, -0.25) is 5.10 Å². The molecule has 0 amide bonds. The molecule has 0 aromatic carbocycles. The SMILES string of the molecule is C#CCc1ccn[nH]1. The molecule has 2 nitrogen and oxygen atoms in total. The van der Waals surface area contributed by atoms with Crippen molar-refractivity contribution in [3.63, 3.8) is 0 Å². The van der Waals surface area contributed by atoms with Gasteiger partial charge >= 0.3 is 0 Å². The van der Waals surface area contributed by atoms with Crippen molar-refractivity contribution in [1.82, 2.24) is 10.2 Å². The van der Waals surface area contributed by atoms with Crippen LogP contribution in [-0.2, 0) is 6.42 Å². The molecular weight excluding hydrogens is 100 g/mol. The summed E-state index contributed by atoms with van der Waals surface area (Å²) < 4.78 is 0. The fourth-order valence-corrected chi connectivity index (χ4v) is 0.493. The molecule has 0 saturated heterocycles. The van der Waals surface area contributed by atoms with Gasteiger partial charge in [0.1, 0.15) is 0 Å². The summed E-state index contributed by atoms with van der Waals surface area (Å²) in [5.74, 6) is 2.50. The molecular formula is C6H6N2. The Kier molecular flexibility index (Phi) is 1.34. The maximum atomic E-state index is 5.02. The van der Waals surface area contributed by atoms with E-state index in [-0.39, 0.29) is 0 Å². The molecule has 0 aliphatic heterocycles. The fourth-order valence-electron chi connectivity index (χ4n) is 0.493. The van der Waals surface area contributed by atoms with Crippen molar-refractivity contribution in [1.29, 1.82) is 0 Å². The second-order valence-corrected chi connectivity index (χ2v) is 1.46. The first-order valence-corrected chi connectivity index (χ1v) is 2.35. The summed E-state index contributed by atoms with van der Waals surface area (Å²) in [4.78, 5) is 0. The summed E-state index contributed by atoms with van der Waals surface area (Å²) in [6.45, 7) is 0. The number of terminal acetylenes is 1. The van der Waals surface area contributed by atoms with E-state index in [0.29, 0.717) is 6.42 Å². The number of hydrogen-bond acceptors (Lipinski definition) is 1. The van der Waals surface area contributed by atoms with E-state index in [4.69, 9.17) is 6.42 Å². The molecule has 0 aliphatic rings. The van der Waals surface area contributed by atoms with E-state index in [0.717, 1.165) is 5.69 Å². The molecule has 0 bridgehead atoms. The molecule has 0 unspecified atom stereocenters. The third-order valence-corrected chi connectivity index (χ3v) is 0.851. The van der Waals surface area contributed by atoms with Gasteiger partial charge in [0.05, 0.1) is 6.42 Å². The predicted molar refractivity (Wildman–Crippen MR) is 31.1 cm³/mol. The summed E-state index contributed by atoms with van der Waals surface area (Å²) in [5.41, 5.74) is 0.993. The molecule has 2 heteroatoms. The van der Waals surface area contributed by atoms with E-state index < -0.39 is 0 Å². The highest BCUT2D eigenvalue weighted by molar-refractivity contribution is 5.06. The van der Waals surface area contributed by atoms with Gasteiger partial charge in [0.2, 0.25) is 0 Å². The Bertz CT molecular complexity index is 181. The van der Waals surface area contributed by atoms with Crippen LogP contribution < -0.4 is 0 Å². The highest BCUT2D eigenvalue weighted by atomic mass is 15.1. The van der Waals surface area contributed by atoms with Crippen molar-refractivity contribution in [2.24, 2.45) is 0 Å². The highest BCUT2D eigenvalue weighted by Crippen LogP contribution is 1.89. The largest absolute Gasteiger partial charge is 0.282 e. The van der Waals surface area contributed by atoms with Crippen molar-refractivity contribution in [2.75, 3.05) is 0 Å². The van der Waals surface area contributed by atoms with Gasteiger partial charge < -0.3 is 0 Å². The molecule has 1 aromatic heterocycles. The van der Waals surface area contributed by atoms with Gasteiger partial charge in [-0.25, -0.2) is 0 Å². The van der Waals surface area contributed by atoms with Crippen molar-refractivity contribution < 1.29 is 0 Å². The lowest BCUT2D eigenvalue weighted by Gasteiger charge is -1.79. The average molecular weight is 106 g/mol. The third kappa shape index (κ3) is 0.881. The van der Waals surface area contributed by atoms with Gasteiger partial charge in [0.25, 0.3) is 0 Å². The van der Waals surface area contributed by atoms with Crippen LogP contribution in [0.2, 0.25) is 0 Å². The number of hydrogen-bond donors (Lipinski definition) is 1. The van der Waals surface area contributed by atoms with Gasteiger partial charge in [0, 0.05) is 11.9 Å². The lowest BCUT2D eigenvalue weighted by molar-refractivity contribution is 1.02. The van der Waals surface area contributed by atoms with Crippen LogP contribution in [0.1, 0.15) is 5.69 Å². The van der Waals surface area contributed by atoms with Crippen LogP contribution in [0.4, 0.5) is 0 Å². The minimum atomic E-state index is 0.639. The standard InChI is InChI=1S/C6H6N2/c1-2-3-6-4-5-7-8-6/h1,4-5H,3H2,(H,7,8). The summed E-state index contributed by atoms with van der Waals surface area (Å²) in [6.07, 6.45) is 7.35. The van der Waals surface area contributed by atoms with Gasteiger partial charge in [-0.1, -0.05) is 0 Å². The van der Waals surface area contributed by atoms with E-state index in [1.54, 1.807) is 6.20 Å². The number of aromatic amines is 1. The maximum Gasteiger partial charge on any atom is 0.0505 e. The Morgan fingerprint density at radius 2 is 2.75 bits per heavy atom. The average Bonchev–Trinajstić information content (AvgIpc) is 2.19. The molecule has 0 aliphatic carbocycles. The smallest absolute Gasteiger partial charge is 0.0505 e. The van der Waals surface area contributed by atoms with Crippen LogP contribution in [0.15, 0.2) is 12.3 Å². The normalized spacial score (nSPS) is 8.38. The number of nitrogens with one attached hydrogen (secondary N) is 1. The molecule has 0 fully saturated rings. The predicted octanol–water partition coefficient (Wildman–Crippen LogP) is 0.585. The lowest BCUT2D eigenvalue weighted by Crippen LogP contribution is -1.78. The summed E-state index contributed by atoms with van der Waals surface area (Å²) in [6, 6.07) is 1.86. The summed E-state index contributed by atoms with van der Waals surface area (Å²) in [5, 5.41) is 6.47. The van der Waals surface area contributed by atoms with E-state index in [1.807, 2.05) is 6.07 Å². The Balaban J connectivity index is 2.67.